The van der Waals surface area contributed by atoms with E-state index in [1.165, 1.54) is 0 Å². The van der Waals surface area contributed by atoms with Crippen LogP contribution in [-0.2, 0) is 9.59 Å². The van der Waals surface area contributed by atoms with Gasteiger partial charge in [-0.25, -0.2) is 0 Å². The maximum absolute atomic E-state index is 12.6. The number of halogens is 1. The minimum absolute atomic E-state index is 0.0205. The molecule has 0 aromatic carbocycles. The van der Waals surface area contributed by atoms with E-state index in [9.17, 15) is 9.59 Å². The Morgan fingerprint density at radius 1 is 1.10 bits per heavy atom. The molecule has 0 aliphatic heterocycles. The Morgan fingerprint density at radius 3 is 1.90 bits per heavy atom. The van der Waals surface area contributed by atoms with Crippen molar-refractivity contribution >= 4 is 31.2 Å². The predicted molar refractivity (Wildman–Crippen MR) is 95.0 cm³/mol. The van der Waals surface area contributed by atoms with Crippen LogP contribution in [0.3, 0.4) is 0 Å². The summed E-state index contributed by atoms with van der Waals surface area (Å²) in [6.45, 7) is 16.8. The molecule has 21 heavy (non-hydrogen) atoms. The average molecular weight is 333 g/mol. The number of carbonyl (C=O) groups is 2. The van der Waals surface area contributed by atoms with Crippen LogP contribution in [0.2, 0.25) is 24.2 Å². The van der Waals surface area contributed by atoms with Crippen LogP contribution >= 0.6 is 11.6 Å². The first-order valence-electron chi connectivity index (χ1n) is 7.87. The van der Waals surface area contributed by atoms with Crippen LogP contribution in [0.4, 0.5) is 0 Å². The highest BCUT2D eigenvalue weighted by Crippen LogP contribution is 2.42. The Balaban J connectivity index is 5.06. The van der Waals surface area contributed by atoms with Crippen molar-refractivity contribution in [1.82, 2.24) is 0 Å². The Hall–Kier alpha value is -0.153. The summed E-state index contributed by atoms with van der Waals surface area (Å²) in [4.78, 5) is 23.4. The number of ketones is 2. The van der Waals surface area contributed by atoms with Crippen molar-refractivity contribution in [3.8, 4) is 0 Å². The summed E-state index contributed by atoms with van der Waals surface area (Å²) < 4.78 is 0. The predicted octanol–water partition coefficient (Wildman–Crippen LogP) is 5.46. The zero-order chi connectivity index (χ0) is 17.1. The van der Waals surface area contributed by atoms with E-state index in [1.54, 1.807) is 6.92 Å². The lowest BCUT2D eigenvalue weighted by Gasteiger charge is -2.39. The van der Waals surface area contributed by atoms with E-state index < -0.39 is 12.9 Å². The zero-order valence-corrected chi connectivity index (χ0v) is 16.9. The van der Waals surface area contributed by atoms with E-state index in [4.69, 9.17) is 11.6 Å². The fraction of sp³-hybridized carbons (Fsp3) is 0.882. The quantitative estimate of drug-likeness (QED) is 0.437. The van der Waals surface area contributed by atoms with Crippen molar-refractivity contribution in [2.45, 2.75) is 89.9 Å². The molecular formula is C17H33ClO2Si. The summed E-state index contributed by atoms with van der Waals surface area (Å²) in [5.74, 6) is 0.363. The Kier molecular flexibility index (Phi) is 7.35. The van der Waals surface area contributed by atoms with Crippen molar-refractivity contribution in [3.63, 3.8) is 0 Å². The van der Waals surface area contributed by atoms with E-state index in [-0.39, 0.29) is 22.5 Å². The third-order valence-corrected chi connectivity index (χ3v) is 10.4. The normalized spacial score (nSPS) is 14.9. The monoisotopic (exact) mass is 332 g/mol. The highest BCUT2D eigenvalue weighted by molar-refractivity contribution is 6.80. The number of hydrogen-bond acceptors (Lipinski definition) is 2. The molecule has 4 heteroatoms. The highest BCUT2D eigenvalue weighted by Gasteiger charge is 2.39. The van der Waals surface area contributed by atoms with Crippen molar-refractivity contribution in [2.75, 3.05) is 0 Å². The lowest BCUT2D eigenvalue weighted by molar-refractivity contribution is -0.123. The average Bonchev–Trinajstić information content (AvgIpc) is 2.19. The van der Waals surface area contributed by atoms with Gasteiger partial charge in [-0.1, -0.05) is 33.9 Å². The zero-order valence-electron chi connectivity index (χ0n) is 15.1. The maximum atomic E-state index is 12.6. The topological polar surface area (TPSA) is 34.1 Å². The van der Waals surface area contributed by atoms with E-state index in [0.717, 1.165) is 6.04 Å². The standard InChI is InChI=1S/C17H33ClO2Si/c1-13(19)9-10-14(15(20)11-17(5,6)18)12-21(7,8)16(2,3)4/h14H,9-12H2,1-8H3. The first-order chi connectivity index (χ1) is 9.16. The van der Waals surface area contributed by atoms with Gasteiger partial charge in [0.05, 0.1) is 8.07 Å². The molecular weight excluding hydrogens is 300 g/mol. The molecule has 0 rings (SSSR count). The first-order valence-corrected chi connectivity index (χ1v) is 11.5. The Labute approximate surface area is 137 Å². The van der Waals surface area contributed by atoms with E-state index in [2.05, 4.69) is 33.9 Å². The number of Topliss-reactive ketones (excluding diaryl/α,β-unsaturated/α-hetero) is 2. The molecule has 0 amide bonds. The van der Waals surface area contributed by atoms with Gasteiger partial charge in [0, 0.05) is 23.6 Å². The summed E-state index contributed by atoms with van der Waals surface area (Å²) in [6, 6.07) is 0.940. The molecule has 0 heterocycles. The van der Waals surface area contributed by atoms with Gasteiger partial charge in [-0.05, 0) is 38.3 Å². The van der Waals surface area contributed by atoms with Gasteiger partial charge in [0.2, 0.25) is 0 Å². The van der Waals surface area contributed by atoms with Gasteiger partial charge < -0.3 is 4.79 Å². The van der Waals surface area contributed by atoms with Crippen LogP contribution in [0.1, 0.15) is 60.8 Å². The molecule has 0 aromatic rings. The molecule has 0 spiro atoms. The molecule has 0 fully saturated rings. The van der Waals surface area contributed by atoms with Gasteiger partial charge in [0.25, 0.3) is 0 Å². The number of hydrogen-bond donors (Lipinski definition) is 0. The van der Waals surface area contributed by atoms with Crippen LogP contribution < -0.4 is 0 Å². The van der Waals surface area contributed by atoms with E-state index in [1.807, 2.05) is 13.8 Å². The van der Waals surface area contributed by atoms with Crippen molar-refractivity contribution in [3.05, 3.63) is 0 Å². The second-order valence-corrected chi connectivity index (χ2v) is 15.3. The Bertz CT molecular complexity index is 375. The van der Waals surface area contributed by atoms with Gasteiger partial charge in [-0.2, -0.15) is 0 Å². The molecule has 124 valence electrons. The van der Waals surface area contributed by atoms with Gasteiger partial charge >= 0.3 is 0 Å². The van der Waals surface area contributed by atoms with Crippen molar-refractivity contribution in [1.29, 1.82) is 0 Å². The highest BCUT2D eigenvalue weighted by atomic mass is 35.5. The van der Waals surface area contributed by atoms with Crippen molar-refractivity contribution in [2.24, 2.45) is 5.92 Å². The van der Waals surface area contributed by atoms with Crippen molar-refractivity contribution < 1.29 is 9.59 Å². The van der Waals surface area contributed by atoms with Crippen LogP contribution in [-0.4, -0.2) is 24.5 Å². The minimum atomic E-state index is -1.55. The fourth-order valence-electron chi connectivity index (χ4n) is 2.24. The molecule has 0 saturated carbocycles. The molecule has 0 saturated heterocycles. The third kappa shape index (κ3) is 8.15. The number of carbonyl (C=O) groups excluding carboxylic acids is 2. The van der Waals surface area contributed by atoms with Gasteiger partial charge in [0.1, 0.15) is 11.6 Å². The molecule has 0 aliphatic rings. The van der Waals surface area contributed by atoms with Crippen LogP contribution in [0, 0.1) is 5.92 Å². The first kappa shape index (κ1) is 20.8. The molecule has 0 N–H and O–H groups in total. The number of rotatable bonds is 8. The lowest BCUT2D eigenvalue weighted by atomic mass is 9.93. The summed E-state index contributed by atoms with van der Waals surface area (Å²) in [5.41, 5.74) is 0. The van der Waals surface area contributed by atoms with Gasteiger partial charge in [0.15, 0.2) is 0 Å². The second kappa shape index (κ2) is 7.41. The largest absolute Gasteiger partial charge is 0.300 e. The van der Waals surface area contributed by atoms with Crippen LogP contribution in [0.5, 0.6) is 0 Å². The molecule has 0 radical (unpaired) electrons. The van der Waals surface area contributed by atoms with Crippen LogP contribution in [0.25, 0.3) is 0 Å². The smallest absolute Gasteiger partial charge is 0.137 e. The Morgan fingerprint density at radius 2 is 1.57 bits per heavy atom. The summed E-state index contributed by atoms with van der Waals surface area (Å²) in [6.07, 6.45) is 1.55. The number of alkyl halides is 1. The van der Waals surface area contributed by atoms with Gasteiger partial charge in [-0.3, -0.25) is 4.79 Å². The molecule has 1 unspecified atom stereocenters. The minimum Gasteiger partial charge on any atom is -0.300 e. The SMILES string of the molecule is CC(=O)CCC(C[Si](C)(C)C(C)(C)C)C(=O)CC(C)(C)Cl. The fourth-order valence-corrected chi connectivity index (χ4v) is 4.64. The third-order valence-electron chi connectivity index (χ3n) is 4.68. The molecule has 0 aromatic heterocycles. The summed E-state index contributed by atoms with van der Waals surface area (Å²) in [5, 5.41) is 0.248. The molecule has 0 bridgehead atoms. The lowest BCUT2D eigenvalue weighted by Crippen LogP contribution is -2.41. The van der Waals surface area contributed by atoms with E-state index in [0.29, 0.717) is 19.3 Å². The summed E-state index contributed by atoms with van der Waals surface area (Å²) in [7, 11) is -1.55. The van der Waals surface area contributed by atoms with Crippen LogP contribution in [0.15, 0.2) is 0 Å². The van der Waals surface area contributed by atoms with Gasteiger partial charge in [-0.15, -0.1) is 11.6 Å². The van der Waals surface area contributed by atoms with E-state index >= 15 is 0 Å². The molecule has 1 atom stereocenters. The molecule has 0 aliphatic carbocycles. The molecule has 2 nitrogen and oxygen atoms in total. The maximum Gasteiger partial charge on any atom is 0.137 e. The summed E-state index contributed by atoms with van der Waals surface area (Å²) >= 11 is 6.22. The second-order valence-electron chi connectivity index (χ2n) is 8.64.